The third kappa shape index (κ3) is 8.01. The molecular formula is C32H31F6N5O2. The highest BCUT2D eigenvalue weighted by Crippen LogP contribution is 2.37. The number of nitrogens with one attached hydrogen (secondary N) is 1. The molecule has 0 radical (unpaired) electrons. The topological polar surface area (TPSA) is 73.8 Å². The summed E-state index contributed by atoms with van der Waals surface area (Å²) in [6, 6.07) is 13.6. The zero-order valence-corrected chi connectivity index (χ0v) is 24.3. The molecule has 238 valence electrons. The lowest BCUT2D eigenvalue weighted by atomic mass is 9.98. The second-order valence-corrected chi connectivity index (χ2v) is 11.0. The number of aromatic nitrogens is 2. The lowest BCUT2D eigenvalue weighted by Crippen LogP contribution is -2.56. The maximum atomic E-state index is 13.7. The summed E-state index contributed by atoms with van der Waals surface area (Å²) in [6.45, 7) is 3.28. The number of carbonyl (C=O) groups excluding carboxylic acids is 1. The van der Waals surface area contributed by atoms with Gasteiger partial charge in [0.05, 0.1) is 16.8 Å². The average molecular weight is 632 g/mol. The minimum absolute atomic E-state index is 0.0265. The Morgan fingerprint density at radius 1 is 1.00 bits per heavy atom. The molecule has 2 aromatic carbocycles. The number of benzene rings is 2. The largest absolute Gasteiger partial charge is 0.416 e. The second kappa shape index (κ2) is 13.3. The van der Waals surface area contributed by atoms with Gasteiger partial charge >= 0.3 is 12.4 Å². The molecule has 1 N–H and O–H groups in total. The van der Waals surface area contributed by atoms with E-state index in [1.807, 2.05) is 47.4 Å². The Morgan fingerprint density at radius 2 is 1.71 bits per heavy atom. The number of carbonyl (C=O) groups is 1. The standard InChI is InChI=1S/C32H31F6N5O2/c1-21(41-45-13-9-26-6-4-5-10-39-26)19-42-11-12-43(27(20-42)16-23-18-40-29-8-3-2-7-28(23)29)30(44)22-14-24(31(33,34)35)17-25(15-22)32(36,37)38/h2-8,10,14-15,17-18,27,40H,9,11-13,16,19-20H2,1H3/b41-21+/t27-/m1/s1. The van der Waals surface area contributed by atoms with E-state index in [1.165, 1.54) is 4.90 Å². The monoisotopic (exact) mass is 631 g/mol. The molecule has 0 unspecified atom stereocenters. The van der Waals surface area contributed by atoms with E-state index in [2.05, 4.69) is 15.1 Å². The van der Waals surface area contributed by atoms with Crippen LogP contribution in [-0.4, -0.2) is 70.2 Å². The summed E-state index contributed by atoms with van der Waals surface area (Å²) < 4.78 is 81.4. The van der Waals surface area contributed by atoms with Crippen molar-refractivity contribution in [2.45, 2.75) is 38.2 Å². The SMILES string of the molecule is C/C(CN1CCN(C(=O)c2cc(C(F)(F)F)cc(C(F)(F)F)c2)[C@H](Cc2c[nH]c3ccccc23)C1)=N\OCCc1ccccn1. The van der Waals surface area contributed by atoms with Crippen molar-refractivity contribution in [1.82, 2.24) is 19.8 Å². The molecule has 7 nitrogen and oxygen atoms in total. The fourth-order valence-electron chi connectivity index (χ4n) is 5.51. The Hall–Kier alpha value is -4.39. The quantitative estimate of drug-likeness (QED) is 0.0978. The summed E-state index contributed by atoms with van der Waals surface area (Å²) in [5.74, 6) is -0.890. The van der Waals surface area contributed by atoms with Crippen molar-refractivity contribution in [1.29, 1.82) is 0 Å². The molecule has 0 spiro atoms. The third-order valence-electron chi connectivity index (χ3n) is 7.64. The van der Waals surface area contributed by atoms with Crippen LogP contribution in [-0.2, 0) is 30.0 Å². The first kappa shape index (κ1) is 32.0. The number of hydrogen-bond acceptors (Lipinski definition) is 5. The predicted octanol–water partition coefficient (Wildman–Crippen LogP) is 6.60. The van der Waals surface area contributed by atoms with Gasteiger partial charge in [-0.25, -0.2) is 0 Å². The number of para-hydroxylation sites is 1. The lowest BCUT2D eigenvalue weighted by molar-refractivity contribution is -0.143. The summed E-state index contributed by atoms with van der Waals surface area (Å²) in [4.78, 5) is 30.0. The fraction of sp³-hybridized carbons (Fsp3) is 0.344. The van der Waals surface area contributed by atoms with Gasteiger partial charge in [-0.15, -0.1) is 0 Å². The van der Waals surface area contributed by atoms with E-state index >= 15 is 0 Å². The maximum absolute atomic E-state index is 13.7. The maximum Gasteiger partial charge on any atom is 0.416 e. The highest BCUT2D eigenvalue weighted by atomic mass is 19.4. The van der Waals surface area contributed by atoms with E-state index in [1.54, 1.807) is 19.3 Å². The van der Waals surface area contributed by atoms with Gasteiger partial charge in [0.25, 0.3) is 5.91 Å². The number of amides is 1. The zero-order chi connectivity index (χ0) is 32.2. The molecule has 1 atom stereocenters. The van der Waals surface area contributed by atoms with Gasteiger partial charge in [0.2, 0.25) is 0 Å². The molecule has 3 heterocycles. The first-order chi connectivity index (χ1) is 21.4. The molecule has 1 aliphatic heterocycles. The van der Waals surface area contributed by atoms with Crippen LogP contribution in [0.5, 0.6) is 0 Å². The zero-order valence-electron chi connectivity index (χ0n) is 24.3. The summed E-state index contributed by atoms with van der Waals surface area (Å²) >= 11 is 0. The Bertz CT molecular complexity index is 1620. The molecule has 2 aromatic heterocycles. The Kier molecular flexibility index (Phi) is 9.47. The van der Waals surface area contributed by atoms with Gasteiger partial charge in [-0.3, -0.25) is 14.7 Å². The molecule has 0 bridgehead atoms. The van der Waals surface area contributed by atoms with Crippen LogP contribution < -0.4 is 0 Å². The number of hydrogen-bond donors (Lipinski definition) is 1. The van der Waals surface area contributed by atoms with E-state index in [9.17, 15) is 31.1 Å². The molecule has 1 amide bonds. The normalized spacial score (nSPS) is 16.7. The van der Waals surface area contributed by atoms with Crippen molar-refractivity contribution in [3.8, 4) is 0 Å². The molecule has 1 aliphatic rings. The van der Waals surface area contributed by atoms with Gasteiger partial charge in [0.1, 0.15) is 6.61 Å². The number of halogens is 6. The second-order valence-electron chi connectivity index (χ2n) is 11.0. The van der Waals surface area contributed by atoms with Gasteiger partial charge in [0.15, 0.2) is 0 Å². The van der Waals surface area contributed by atoms with Crippen molar-refractivity contribution in [2.24, 2.45) is 5.16 Å². The summed E-state index contributed by atoms with van der Waals surface area (Å²) in [7, 11) is 0. The van der Waals surface area contributed by atoms with Gasteiger partial charge in [-0.2, -0.15) is 26.3 Å². The van der Waals surface area contributed by atoms with Gasteiger partial charge in [-0.05, 0) is 55.3 Å². The van der Waals surface area contributed by atoms with Crippen LogP contribution in [0.25, 0.3) is 10.9 Å². The van der Waals surface area contributed by atoms with Crippen molar-refractivity contribution < 1.29 is 36.0 Å². The van der Waals surface area contributed by atoms with Crippen LogP contribution in [0.1, 0.15) is 39.7 Å². The van der Waals surface area contributed by atoms with Crippen molar-refractivity contribution in [2.75, 3.05) is 32.8 Å². The summed E-state index contributed by atoms with van der Waals surface area (Å²) in [5, 5.41) is 5.11. The average Bonchev–Trinajstić information content (AvgIpc) is 3.41. The minimum atomic E-state index is -5.06. The van der Waals surface area contributed by atoms with Gasteiger partial charge in [0, 0.05) is 73.2 Å². The van der Waals surface area contributed by atoms with E-state index in [-0.39, 0.29) is 12.6 Å². The number of fused-ring (bicyclic) bond motifs is 1. The number of aromatic amines is 1. The fourth-order valence-corrected chi connectivity index (χ4v) is 5.51. The molecule has 1 saturated heterocycles. The van der Waals surface area contributed by atoms with E-state index < -0.39 is 41.0 Å². The first-order valence-corrected chi connectivity index (χ1v) is 14.3. The van der Waals surface area contributed by atoms with Crippen LogP contribution in [0.15, 0.2) is 78.2 Å². The van der Waals surface area contributed by atoms with Crippen LogP contribution >= 0.6 is 0 Å². The molecule has 1 fully saturated rings. The van der Waals surface area contributed by atoms with Crippen LogP contribution in [0.2, 0.25) is 0 Å². The van der Waals surface area contributed by atoms with E-state index in [4.69, 9.17) is 4.84 Å². The lowest BCUT2D eigenvalue weighted by Gasteiger charge is -2.41. The number of oxime groups is 1. The smallest absolute Gasteiger partial charge is 0.395 e. The van der Waals surface area contributed by atoms with Crippen LogP contribution in [0, 0.1) is 0 Å². The Balaban J connectivity index is 1.36. The van der Waals surface area contributed by atoms with Crippen LogP contribution in [0.4, 0.5) is 26.3 Å². The molecule has 13 heteroatoms. The molecule has 45 heavy (non-hydrogen) atoms. The highest BCUT2D eigenvalue weighted by molar-refractivity contribution is 5.95. The Morgan fingerprint density at radius 3 is 2.40 bits per heavy atom. The van der Waals surface area contributed by atoms with Crippen molar-refractivity contribution in [3.05, 3.63) is 101 Å². The molecule has 0 aliphatic carbocycles. The van der Waals surface area contributed by atoms with Gasteiger partial charge < -0.3 is 14.7 Å². The summed E-state index contributed by atoms with van der Waals surface area (Å²) in [5.41, 5.74) is -0.419. The number of nitrogens with zero attached hydrogens (tertiary/aromatic N) is 4. The third-order valence-corrected chi connectivity index (χ3v) is 7.64. The van der Waals surface area contributed by atoms with Gasteiger partial charge in [-0.1, -0.05) is 29.4 Å². The first-order valence-electron chi connectivity index (χ1n) is 14.3. The number of rotatable bonds is 9. The molecular weight excluding hydrogens is 600 g/mol. The Labute approximate surface area is 255 Å². The molecule has 0 saturated carbocycles. The molecule has 5 rings (SSSR count). The van der Waals surface area contributed by atoms with E-state index in [0.29, 0.717) is 56.9 Å². The number of alkyl halides is 6. The predicted molar refractivity (Wildman–Crippen MR) is 157 cm³/mol. The minimum Gasteiger partial charge on any atom is -0.395 e. The van der Waals surface area contributed by atoms with Crippen LogP contribution in [0.3, 0.4) is 0 Å². The summed E-state index contributed by atoms with van der Waals surface area (Å²) in [6.07, 6.45) is -5.71. The highest BCUT2D eigenvalue weighted by Gasteiger charge is 2.39. The number of piperazine rings is 1. The number of pyridine rings is 1. The van der Waals surface area contributed by atoms with E-state index in [0.717, 1.165) is 22.2 Å². The van der Waals surface area contributed by atoms with Crippen molar-refractivity contribution >= 4 is 22.5 Å². The number of H-pyrrole nitrogens is 1. The van der Waals surface area contributed by atoms with Crippen molar-refractivity contribution in [3.63, 3.8) is 0 Å². The molecule has 4 aromatic rings.